The van der Waals surface area contributed by atoms with Crippen LogP contribution >= 0.6 is 7.82 Å². The van der Waals surface area contributed by atoms with Crippen molar-refractivity contribution in [2.75, 3.05) is 26.4 Å². The van der Waals surface area contributed by atoms with E-state index < -0.39 is 45.1 Å². The summed E-state index contributed by atoms with van der Waals surface area (Å²) in [6.07, 6.45) is 61.7. The predicted molar refractivity (Wildman–Crippen MR) is 277 cm³/mol. The minimum Gasteiger partial charge on any atom is -0.480 e. The number of esters is 1. The molecule has 0 aromatic carbocycles. The van der Waals surface area contributed by atoms with Gasteiger partial charge in [0.05, 0.1) is 19.8 Å². The number of carboxylic acids is 1. The molecule has 0 aromatic heterocycles. The van der Waals surface area contributed by atoms with Gasteiger partial charge >= 0.3 is 19.8 Å². The van der Waals surface area contributed by atoms with Gasteiger partial charge in [0.1, 0.15) is 12.1 Å². The van der Waals surface area contributed by atoms with Gasteiger partial charge in [-0.3, -0.25) is 18.6 Å². The summed E-state index contributed by atoms with van der Waals surface area (Å²) < 4.78 is 33.6. The molecule has 0 spiro atoms. The zero-order valence-electron chi connectivity index (χ0n) is 42.5. The lowest BCUT2D eigenvalue weighted by Gasteiger charge is -2.20. The first-order valence-electron chi connectivity index (χ1n) is 27.2. The first-order valence-corrected chi connectivity index (χ1v) is 28.7. The molecule has 0 amide bonds. The Morgan fingerprint density at radius 3 is 1.32 bits per heavy atom. The molecular weight excluding hydrogens is 850 g/mol. The molecule has 0 radical (unpaired) electrons. The molecule has 0 saturated heterocycles. The summed E-state index contributed by atoms with van der Waals surface area (Å²) in [7, 11) is -4.63. The van der Waals surface area contributed by atoms with Gasteiger partial charge in [-0.25, -0.2) is 4.57 Å². The molecule has 0 aliphatic rings. The standard InChI is InChI=1S/C55H102NO9P/c1-3-5-7-9-11-13-15-17-19-21-23-25-26-28-30-32-34-36-38-40-42-44-46-48-62-49-52(50-63-66(60,61)64-51-53(56)55(58)59)65-54(57)47-45-43-41-39-37-35-33-31-29-27-24-22-20-18-16-14-12-10-8-6-4-2/h6,8,12,14,18,20,24,27,52-53H,3-5,7,9-11,13,15-17,19,21-23,25-26,28-51,56H2,1-2H3,(H,58,59)(H,60,61)/b8-6-,14-12-,20-18-,27-24-. The lowest BCUT2D eigenvalue weighted by atomic mass is 10.0. The van der Waals surface area contributed by atoms with Crippen molar-refractivity contribution in [3.8, 4) is 0 Å². The maximum absolute atomic E-state index is 12.7. The normalized spacial score (nSPS) is 14.0. The van der Waals surface area contributed by atoms with E-state index >= 15 is 0 Å². The van der Waals surface area contributed by atoms with Crippen LogP contribution in [0.25, 0.3) is 0 Å². The van der Waals surface area contributed by atoms with Gasteiger partial charge in [-0.2, -0.15) is 0 Å². The van der Waals surface area contributed by atoms with Crippen molar-refractivity contribution in [1.82, 2.24) is 0 Å². The van der Waals surface area contributed by atoms with Crippen LogP contribution in [-0.2, 0) is 32.7 Å². The van der Waals surface area contributed by atoms with Crippen molar-refractivity contribution in [2.24, 2.45) is 5.73 Å². The van der Waals surface area contributed by atoms with Crippen LogP contribution in [0.15, 0.2) is 48.6 Å². The number of ether oxygens (including phenoxy) is 2. The molecule has 3 unspecified atom stereocenters. The van der Waals surface area contributed by atoms with E-state index in [-0.39, 0.29) is 13.0 Å². The molecular formula is C55H102NO9P. The second kappa shape index (κ2) is 50.8. The lowest BCUT2D eigenvalue weighted by Crippen LogP contribution is -2.34. The molecule has 66 heavy (non-hydrogen) atoms. The van der Waals surface area contributed by atoms with Crippen molar-refractivity contribution in [2.45, 2.75) is 264 Å². The van der Waals surface area contributed by atoms with Crippen LogP contribution in [0, 0.1) is 0 Å². The number of phosphoric acid groups is 1. The summed E-state index contributed by atoms with van der Waals surface area (Å²) in [6.45, 7) is 3.81. The second-order valence-electron chi connectivity index (χ2n) is 18.3. The minimum atomic E-state index is -4.63. The highest BCUT2D eigenvalue weighted by Crippen LogP contribution is 2.43. The summed E-state index contributed by atoms with van der Waals surface area (Å²) in [5.74, 6) is -1.78. The third-order valence-electron chi connectivity index (χ3n) is 11.9. The van der Waals surface area contributed by atoms with E-state index in [9.17, 15) is 19.0 Å². The molecule has 0 aromatic rings. The van der Waals surface area contributed by atoms with E-state index in [1.54, 1.807) is 0 Å². The number of aliphatic carboxylic acids is 1. The molecule has 10 nitrogen and oxygen atoms in total. The van der Waals surface area contributed by atoms with E-state index in [0.29, 0.717) is 13.0 Å². The van der Waals surface area contributed by atoms with Crippen LogP contribution in [0.4, 0.5) is 0 Å². The van der Waals surface area contributed by atoms with E-state index in [1.165, 1.54) is 154 Å². The highest BCUT2D eigenvalue weighted by atomic mass is 31.2. The topological polar surface area (TPSA) is 155 Å². The number of phosphoric ester groups is 1. The third kappa shape index (κ3) is 49.8. The van der Waals surface area contributed by atoms with Gasteiger partial charge in [0.15, 0.2) is 0 Å². The Kier molecular flexibility index (Phi) is 49.2. The summed E-state index contributed by atoms with van der Waals surface area (Å²) >= 11 is 0. The van der Waals surface area contributed by atoms with Gasteiger partial charge < -0.3 is 25.2 Å². The zero-order valence-corrected chi connectivity index (χ0v) is 43.4. The average Bonchev–Trinajstić information content (AvgIpc) is 3.30. The Morgan fingerprint density at radius 1 is 0.500 bits per heavy atom. The molecule has 386 valence electrons. The van der Waals surface area contributed by atoms with E-state index in [1.807, 2.05) is 0 Å². The molecule has 0 saturated carbocycles. The van der Waals surface area contributed by atoms with E-state index in [0.717, 1.165) is 70.6 Å². The van der Waals surface area contributed by atoms with Crippen LogP contribution in [0.3, 0.4) is 0 Å². The number of rotatable bonds is 52. The number of allylic oxidation sites excluding steroid dienone is 8. The molecule has 11 heteroatoms. The molecule has 4 N–H and O–H groups in total. The molecule has 0 aliphatic heterocycles. The Hall–Kier alpha value is -2.07. The van der Waals surface area contributed by atoms with Crippen LogP contribution in [0.5, 0.6) is 0 Å². The Bertz CT molecular complexity index is 1240. The molecule has 0 heterocycles. The summed E-state index contributed by atoms with van der Waals surface area (Å²) in [4.78, 5) is 33.7. The van der Waals surface area contributed by atoms with Gasteiger partial charge in [0.2, 0.25) is 0 Å². The van der Waals surface area contributed by atoms with Crippen molar-refractivity contribution >= 4 is 19.8 Å². The molecule has 0 rings (SSSR count). The zero-order chi connectivity index (χ0) is 48.3. The number of unbranched alkanes of at least 4 members (excludes halogenated alkanes) is 30. The fourth-order valence-electron chi connectivity index (χ4n) is 7.72. The van der Waals surface area contributed by atoms with Crippen LogP contribution < -0.4 is 5.73 Å². The van der Waals surface area contributed by atoms with Crippen molar-refractivity contribution in [3.63, 3.8) is 0 Å². The number of nitrogens with two attached hydrogens (primary N) is 1. The number of carboxylic acid groups (broad SMARTS) is 1. The summed E-state index contributed by atoms with van der Waals surface area (Å²) in [5.41, 5.74) is 5.38. The van der Waals surface area contributed by atoms with Crippen LogP contribution in [0.2, 0.25) is 0 Å². The Morgan fingerprint density at radius 2 is 0.879 bits per heavy atom. The highest BCUT2D eigenvalue weighted by Gasteiger charge is 2.27. The van der Waals surface area contributed by atoms with Gasteiger partial charge in [-0.15, -0.1) is 0 Å². The predicted octanol–water partition coefficient (Wildman–Crippen LogP) is 16.2. The number of carbonyl (C=O) groups is 2. The van der Waals surface area contributed by atoms with Crippen molar-refractivity contribution in [1.29, 1.82) is 0 Å². The smallest absolute Gasteiger partial charge is 0.472 e. The van der Waals surface area contributed by atoms with Gasteiger partial charge in [-0.05, 0) is 51.4 Å². The minimum absolute atomic E-state index is 0.0158. The number of hydrogen-bond donors (Lipinski definition) is 3. The van der Waals surface area contributed by atoms with Crippen LogP contribution in [-0.4, -0.2) is 60.5 Å². The molecule has 3 atom stereocenters. The summed E-state index contributed by atoms with van der Waals surface area (Å²) in [6, 6.07) is -1.48. The lowest BCUT2D eigenvalue weighted by molar-refractivity contribution is -0.154. The van der Waals surface area contributed by atoms with Gasteiger partial charge in [0.25, 0.3) is 0 Å². The maximum atomic E-state index is 12.7. The Labute approximate surface area is 405 Å². The third-order valence-corrected chi connectivity index (χ3v) is 12.8. The largest absolute Gasteiger partial charge is 0.480 e. The number of carbonyl (C=O) groups excluding carboxylic acids is 1. The highest BCUT2D eigenvalue weighted by molar-refractivity contribution is 7.47. The van der Waals surface area contributed by atoms with Crippen molar-refractivity contribution < 1.29 is 42.7 Å². The second-order valence-corrected chi connectivity index (χ2v) is 19.8. The van der Waals surface area contributed by atoms with Gasteiger partial charge in [-0.1, -0.05) is 242 Å². The SMILES string of the molecule is CC/C=C\C/C=C\C/C=C\C/C=C\CCCCCCCCCCC(=O)OC(COCCCCCCCCCCCCCCCCCCCCCCCCC)COP(=O)(O)OCC(N)C(=O)O. The maximum Gasteiger partial charge on any atom is 0.472 e. The van der Waals surface area contributed by atoms with E-state index in [4.69, 9.17) is 29.4 Å². The van der Waals surface area contributed by atoms with Crippen molar-refractivity contribution in [3.05, 3.63) is 48.6 Å². The average molecular weight is 952 g/mol. The Balaban J connectivity index is 4.09. The first-order chi connectivity index (χ1) is 32.2. The fraction of sp³-hybridized carbons (Fsp3) is 0.818. The van der Waals surface area contributed by atoms with E-state index in [2.05, 4.69) is 62.5 Å². The number of hydrogen-bond acceptors (Lipinski definition) is 8. The first kappa shape index (κ1) is 63.9. The molecule has 0 aliphatic carbocycles. The monoisotopic (exact) mass is 952 g/mol. The quantitative estimate of drug-likeness (QED) is 0.0232. The molecule has 0 bridgehead atoms. The summed E-state index contributed by atoms with van der Waals surface area (Å²) in [5, 5.41) is 8.94. The fourth-order valence-corrected chi connectivity index (χ4v) is 8.49. The van der Waals surface area contributed by atoms with Gasteiger partial charge in [0, 0.05) is 13.0 Å². The van der Waals surface area contributed by atoms with Crippen LogP contribution in [0.1, 0.15) is 251 Å². The molecule has 0 fully saturated rings.